The number of hydrogen-bond donors (Lipinski definition) is 1. The lowest BCUT2D eigenvalue weighted by molar-refractivity contribution is 0.509. The van der Waals surface area contributed by atoms with Gasteiger partial charge in [0.1, 0.15) is 5.54 Å². The summed E-state index contributed by atoms with van der Waals surface area (Å²) in [5.41, 5.74) is 7.68. The molecule has 0 spiro atoms. The van der Waals surface area contributed by atoms with Crippen molar-refractivity contribution in [3.8, 4) is 6.07 Å². The van der Waals surface area contributed by atoms with Crippen molar-refractivity contribution >= 4 is 5.69 Å². The van der Waals surface area contributed by atoms with E-state index in [0.717, 1.165) is 25.8 Å². The first kappa shape index (κ1) is 14.5. The number of aryl methyl sites for hydroxylation is 1. The second-order valence-corrected chi connectivity index (χ2v) is 5.19. The standard InChI is InChI=1S/C15H23N3/c1-13-8-4-5-9-14(13)18(3)11-7-6-10-15(2,17)12-16/h4-5,8-9H,6-7,10-11,17H2,1-3H3. The largest absolute Gasteiger partial charge is 0.374 e. The van der Waals surface area contributed by atoms with E-state index >= 15 is 0 Å². The highest BCUT2D eigenvalue weighted by Crippen LogP contribution is 2.18. The molecule has 0 heterocycles. The Labute approximate surface area is 110 Å². The minimum Gasteiger partial charge on any atom is -0.374 e. The third kappa shape index (κ3) is 4.38. The summed E-state index contributed by atoms with van der Waals surface area (Å²) in [6.45, 7) is 4.91. The topological polar surface area (TPSA) is 53.0 Å². The normalized spacial score (nSPS) is 13.7. The molecule has 0 fully saturated rings. The molecule has 1 aromatic rings. The van der Waals surface area contributed by atoms with E-state index in [1.165, 1.54) is 11.3 Å². The Morgan fingerprint density at radius 2 is 2.00 bits per heavy atom. The highest BCUT2D eigenvalue weighted by molar-refractivity contribution is 5.52. The zero-order valence-corrected chi connectivity index (χ0v) is 11.6. The summed E-state index contributed by atoms with van der Waals surface area (Å²) < 4.78 is 0. The Balaban J connectivity index is 2.37. The molecule has 1 unspecified atom stereocenters. The van der Waals surface area contributed by atoms with Crippen LogP contribution in [0.25, 0.3) is 0 Å². The van der Waals surface area contributed by atoms with Crippen molar-refractivity contribution in [2.75, 3.05) is 18.5 Å². The van der Waals surface area contributed by atoms with E-state index in [0.29, 0.717) is 0 Å². The number of para-hydroxylation sites is 1. The number of anilines is 1. The Hall–Kier alpha value is -1.53. The van der Waals surface area contributed by atoms with E-state index in [9.17, 15) is 0 Å². The zero-order valence-electron chi connectivity index (χ0n) is 11.6. The van der Waals surface area contributed by atoms with Crippen LogP contribution < -0.4 is 10.6 Å². The van der Waals surface area contributed by atoms with Gasteiger partial charge in [0, 0.05) is 19.3 Å². The van der Waals surface area contributed by atoms with Crippen molar-refractivity contribution in [3.05, 3.63) is 29.8 Å². The molecule has 0 saturated carbocycles. The molecule has 3 nitrogen and oxygen atoms in total. The predicted molar refractivity (Wildman–Crippen MR) is 76.5 cm³/mol. The van der Waals surface area contributed by atoms with Crippen LogP contribution in [-0.2, 0) is 0 Å². The monoisotopic (exact) mass is 245 g/mol. The minimum atomic E-state index is -0.679. The summed E-state index contributed by atoms with van der Waals surface area (Å²) in [4.78, 5) is 2.26. The molecule has 3 heteroatoms. The first-order chi connectivity index (χ1) is 8.46. The number of rotatable bonds is 6. The molecule has 18 heavy (non-hydrogen) atoms. The highest BCUT2D eigenvalue weighted by Gasteiger charge is 2.16. The van der Waals surface area contributed by atoms with Gasteiger partial charge in [-0.25, -0.2) is 0 Å². The van der Waals surface area contributed by atoms with Gasteiger partial charge in [0.25, 0.3) is 0 Å². The molecule has 2 N–H and O–H groups in total. The molecule has 98 valence electrons. The van der Waals surface area contributed by atoms with Crippen LogP contribution in [0.5, 0.6) is 0 Å². The van der Waals surface area contributed by atoms with Gasteiger partial charge >= 0.3 is 0 Å². The number of unbranched alkanes of at least 4 members (excludes halogenated alkanes) is 1. The molecule has 0 aliphatic heterocycles. The van der Waals surface area contributed by atoms with Crippen molar-refractivity contribution in [2.24, 2.45) is 5.73 Å². The maximum Gasteiger partial charge on any atom is 0.101 e. The summed E-state index contributed by atoms with van der Waals surface area (Å²) in [5.74, 6) is 0. The molecule has 0 aliphatic carbocycles. The first-order valence-corrected chi connectivity index (χ1v) is 6.43. The molecule has 0 aliphatic rings. The number of nitriles is 1. The summed E-state index contributed by atoms with van der Waals surface area (Å²) in [7, 11) is 2.11. The van der Waals surface area contributed by atoms with Gasteiger partial charge in [-0.15, -0.1) is 0 Å². The molecule has 0 amide bonds. The van der Waals surface area contributed by atoms with Crippen LogP contribution >= 0.6 is 0 Å². The van der Waals surface area contributed by atoms with Gasteiger partial charge in [-0.3, -0.25) is 0 Å². The van der Waals surface area contributed by atoms with Crippen LogP contribution in [0.3, 0.4) is 0 Å². The predicted octanol–water partition coefficient (Wildman–Crippen LogP) is 2.84. The number of nitrogens with zero attached hydrogens (tertiary/aromatic N) is 2. The van der Waals surface area contributed by atoms with Crippen LogP contribution in [-0.4, -0.2) is 19.1 Å². The number of benzene rings is 1. The van der Waals surface area contributed by atoms with Crippen molar-refractivity contribution in [3.63, 3.8) is 0 Å². The van der Waals surface area contributed by atoms with Gasteiger partial charge in [0.15, 0.2) is 0 Å². The minimum absolute atomic E-state index is 0.679. The maximum atomic E-state index is 8.83. The summed E-state index contributed by atoms with van der Waals surface area (Å²) in [6.07, 6.45) is 2.79. The summed E-state index contributed by atoms with van der Waals surface area (Å²) >= 11 is 0. The van der Waals surface area contributed by atoms with Crippen LogP contribution in [0.15, 0.2) is 24.3 Å². The highest BCUT2D eigenvalue weighted by atomic mass is 15.1. The first-order valence-electron chi connectivity index (χ1n) is 6.43. The quantitative estimate of drug-likeness (QED) is 0.784. The second-order valence-electron chi connectivity index (χ2n) is 5.19. The lowest BCUT2D eigenvalue weighted by Gasteiger charge is -2.22. The van der Waals surface area contributed by atoms with Crippen LogP contribution in [0.1, 0.15) is 31.7 Å². The fraction of sp³-hybridized carbons (Fsp3) is 0.533. The average molecular weight is 245 g/mol. The van der Waals surface area contributed by atoms with Gasteiger partial charge in [0.2, 0.25) is 0 Å². The third-order valence-electron chi connectivity index (χ3n) is 3.22. The summed E-state index contributed by atoms with van der Waals surface area (Å²) in [5, 5.41) is 8.83. The van der Waals surface area contributed by atoms with E-state index in [2.05, 4.69) is 49.2 Å². The van der Waals surface area contributed by atoms with Crippen molar-refractivity contribution in [1.82, 2.24) is 0 Å². The molecular weight excluding hydrogens is 222 g/mol. The van der Waals surface area contributed by atoms with Crippen molar-refractivity contribution in [2.45, 2.75) is 38.6 Å². The molecule has 1 atom stereocenters. The molecule has 0 bridgehead atoms. The Bertz CT molecular complexity index is 418. The number of nitrogens with two attached hydrogens (primary N) is 1. The van der Waals surface area contributed by atoms with Gasteiger partial charge in [-0.05, 0) is 44.7 Å². The lowest BCUT2D eigenvalue weighted by Crippen LogP contribution is -2.34. The van der Waals surface area contributed by atoms with E-state index < -0.39 is 5.54 Å². The second kappa shape index (κ2) is 6.42. The number of hydrogen-bond acceptors (Lipinski definition) is 3. The van der Waals surface area contributed by atoms with E-state index in [1.807, 2.05) is 0 Å². The molecule has 0 saturated heterocycles. The summed E-state index contributed by atoms with van der Waals surface area (Å²) in [6, 6.07) is 10.5. The SMILES string of the molecule is Cc1ccccc1N(C)CCCCC(C)(N)C#N. The van der Waals surface area contributed by atoms with Gasteiger partial charge in [0.05, 0.1) is 6.07 Å². The van der Waals surface area contributed by atoms with E-state index in [1.54, 1.807) is 6.92 Å². The average Bonchev–Trinajstić information content (AvgIpc) is 2.35. The molecular formula is C15H23N3. The Morgan fingerprint density at radius 3 is 2.61 bits per heavy atom. The molecule has 0 aromatic heterocycles. The molecule has 1 aromatic carbocycles. The molecule has 0 radical (unpaired) electrons. The van der Waals surface area contributed by atoms with Crippen molar-refractivity contribution < 1.29 is 0 Å². The van der Waals surface area contributed by atoms with E-state index in [4.69, 9.17) is 11.0 Å². The maximum absolute atomic E-state index is 8.83. The van der Waals surface area contributed by atoms with Gasteiger partial charge in [-0.1, -0.05) is 18.2 Å². The van der Waals surface area contributed by atoms with E-state index in [-0.39, 0.29) is 0 Å². The van der Waals surface area contributed by atoms with Gasteiger partial charge < -0.3 is 10.6 Å². The van der Waals surface area contributed by atoms with Crippen LogP contribution in [0.4, 0.5) is 5.69 Å². The Morgan fingerprint density at radius 1 is 1.33 bits per heavy atom. The van der Waals surface area contributed by atoms with Crippen LogP contribution in [0, 0.1) is 18.3 Å². The Kier molecular flexibility index (Phi) is 5.18. The lowest BCUT2D eigenvalue weighted by atomic mass is 9.98. The van der Waals surface area contributed by atoms with Crippen molar-refractivity contribution in [1.29, 1.82) is 5.26 Å². The third-order valence-corrected chi connectivity index (χ3v) is 3.22. The molecule has 1 rings (SSSR count). The fourth-order valence-corrected chi connectivity index (χ4v) is 2.01. The smallest absolute Gasteiger partial charge is 0.101 e. The fourth-order valence-electron chi connectivity index (χ4n) is 2.01. The zero-order chi connectivity index (χ0) is 13.6. The van der Waals surface area contributed by atoms with Gasteiger partial charge in [-0.2, -0.15) is 5.26 Å². The van der Waals surface area contributed by atoms with Crippen LogP contribution in [0.2, 0.25) is 0 Å².